The van der Waals surface area contributed by atoms with Crippen molar-refractivity contribution in [2.45, 2.75) is 38.6 Å². The number of carboxylic acid groups (broad SMARTS) is 1. The number of rotatable bonds is 4. The van der Waals surface area contributed by atoms with Crippen LogP contribution in [-0.2, 0) is 16.0 Å². The van der Waals surface area contributed by atoms with Crippen molar-refractivity contribution in [3.8, 4) is 5.69 Å². The van der Waals surface area contributed by atoms with Crippen LogP contribution >= 0.6 is 0 Å². The maximum atomic E-state index is 12.6. The molecule has 1 fully saturated rings. The molecule has 7 heteroatoms. The van der Waals surface area contributed by atoms with Crippen LogP contribution in [0, 0.1) is 6.92 Å². The molecular weight excluding hydrogens is 308 g/mol. The first-order valence-electron chi connectivity index (χ1n) is 7.94. The summed E-state index contributed by atoms with van der Waals surface area (Å²) in [5, 5.41) is 17.7. The molecule has 1 aromatic carbocycles. The van der Waals surface area contributed by atoms with Gasteiger partial charge in [0.1, 0.15) is 5.54 Å². The summed E-state index contributed by atoms with van der Waals surface area (Å²) in [6, 6.07) is 9.55. The molecule has 1 aliphatic heterocycles. The number of hydrogen-bond donors (Lipinski definition) is 1. The second-order valence-electron chi connectivity index (χ2n) is 6.27. The Kier molecular flexibility index (Phi) is 4.09. The molecule has 1 N–H and O–H groups in total. The van der Waals surface area contributed by atoms with Gasteiger partial charge in [0.2, 0.25) is 5.91 Å². The van der Waals surface area contributed by atoms with Crippen molar-refractivity contribution < 1.29 is 14.7 Å². The van der Waals surface area contributed by atoms with Gasteiger partial charge in [-0.15, -0.1) is 5.10 Å². The van der Waals surface area contributed by atoms with Gasteiger partial charge < -0.3 is 10.0 Å². The van der Waals surface area contributed by atoms with E-state index in [9.17, 15) is 14.7 Å². The van der Waals surface area contributed by atoms with Gasteiger partial charge in [-0.25, -0.2) is 9.48 Å². The minimum atomic E-state index is -1.12. The van der Waals surface area contributed by atoms with Gasteiger partial charge in [0.15, 0.2) is 0 Å². The van der Waals surface area contributed by atoms with Crippen LogP contribution in [0.4, 0.5) is 0 Å². The first kappa shape index (κ1) is 16.2. The molecule has 1 unspecified atom stereocenters. The topological polar surface area (TPSA) is 88.3 Å². The van der Waals surface area contributed by atoms with Crippen molar-refractivity contribution in [2.75, 3.05) is 6.54 Å². The van der Waals surface area contributed by atoms with Gasteiger partial charge in [0.05, 0.1) is 23.5 Å². The average Bonchev–Trinajstić information content (AvgIpc) is 3.13. The van der Waals surface area contributed by atoms with Crippen LogP contribution in [0.2, 0.25) is 0 Å². The van der Waals surface area contributed by atoms with Crippen LogP contribution in [0.1, 0.15) is 31.2 Å². The average molecular weight is 328 g/mol. The third-order valence-electron chi connectivity index (χ3n) is 4.71. The monoisotopic (exact) mass is 328 g/mol. The van der Waals surface area contributed by atoms with Crippen molar-refractivity contribution in [1.29, 1.82) is 0 Å². The summed E-state index contributed by atoms with van der Waals surface area (Å²) in [6.07, 6.45) is 1.23. The Bertz CT molecular complexity index is 771. The van der Waals surface area contributed by atoms with E-state index in [2.05, 4.69) is 10.3 Å². The predicted molar refractivity (Wildman–Crippen MR) is 86.8 cm³/mol. The molecule has 126 valence electrons. The number of para-hydroxylation sites is 1. The summed E-state index contributed by atoms with van der Waals surface area (Å²) < 4.78 is 1.68. The van der Waals surface area contributed by atoms with Gasteiger partial charge in [0.25, 0.3) is 0 Å². The highest BCUT2D eigenvalue weighted by Gasteiger charge is 2.45. The summed E-state index contributed by atoms with van der Waals surface area (Å²) in [5.74, 6) is -1.18. The van der Waals surface area contributed by atoms with Crippen molar-refractivity contribution in [2.24, 2.45) is 0 Å². The molecule has 0 aliphatic carbocycles. The summed E-state index contributed by atoms with van der Waals surface area (Å²) in [4.78, 5) is 25.6. The summed E-state index contributed by atoms with van der Waals surface area (Å²) in [7, 11) is 0. The fourth-order valence-electron chi connectivity index (χ4n) is 3.16. The van der Waals surface area contributed by atoms with E-state index < -0.39 is 11.5 Å². The summed E-state index contributed by atoms with van der Waals surface area (Å²) >= 11 is 0. The Labute approximate surface area is 139 Å². The molecule has 0 bridgehead atoms. The molecule has 24 heavy (non-hydrogen) atoms. The molecule has 1 amide bonds. The first-order valence-corrected chi connectivity index (χ1v) is 7.94. The van der Waals surface area contributed by atoms with Gasteiger partial charge in [0, 0.05) is 6.54 Å². The van der Waals surface area contributed by atoms with Crippen LogP contribution < -0.4 is 0 Å². The Hall–Kier alpha value is -2.70. The number of carbonyl (C=O) groups excluding carboxylic acids is 1. The molecule has 2 heterocycles. The molecule has 0 saturated carbocycles. The van der Waals surface area contributed by atoms with E-state index in [1.54, 1.807) is 11.6 Å². The lowest BCUT2D eigenvalue weighted by molar-refractivity contribution is -0.155. The maximum Gasteiger partial charge on any atom is 0.329 e. The second kappa shape index (κ2) is 6.07. The van der Waals surface area contributed by atoms with Gasteiger partial charge in [-0.05, 0) is 38.8 Å². The smallest absolute Gasteiger partial charge is 0.329 e. The number of carbonyl (C=O) groups is 2. The highest BCUT2D eigenvalue weighted by atomic mass is 16.4. The molecule has 1 aliphatic rings. The minimum Gasteiger partial charge on any atom is -0.480 e. The fraction of sp³-hybridized carbons (Fsp3) is 0.412. The van der Waals surface area contributed by atoms with Gasteiger partial charge in [-0.3, -0.25) is 4.79 Å². The summed E-state index contributed by atoms with van der Waals surface area (Å²) in [6.45, 7) is 3.93. The van der Waals surface area contributed by atoms with Crippen LogP contribution in [0.25, 0.3) is 5.69 Å². The highest BCUT2D eigenvalue weighted by molar-refractivity contribution is 5.88. The van der Waals surface area contributed by atoms with Crippen LogP contribution in [0.15, 0.2) is 30.3 Å². The molecule has 2 aromatic rings. The van der Waals surface area contributed by atoms with E-state index in [0.717, 1.165) is 11.4 Å². The second-order valence-corrected chi connectivity index (χ2v) is 6.27. The lowest BCUT2D eigenvalue weighted by Gasteiger charge is -2.31. The molecule has 0 radical (unpaired) electrons. The quantitative estimate of drug-likeness (QED) is 0.920. The molecule has 1 saturated heterocycles. The Morgan fingerprint density at radius 2 is 2.00 bits per heavy atom. The number of hydrogen-bond acceptors (Lipinski definition) is 4. The lowest BCUT2D eigenvalue weighted by Crippen LogP contribution is -2.51. The van der Waals surface area contributed by atoms with E-state index in [-0.39, 0.29) is 12.3 Å². The number of amides is 1. The lowest BCUT2D eigenvalue weighted by atomic mass is 9.99. The van der Waals surface area contributed by atoms with Crippen LogP contribution in [0.5, 0.6) is 0 Å². The zero-order valence-electron chi connectivity index (χ0n) is 13.8. The van der Waals surface area contributed by atoms with Gasteiger partial charge in [-0.2, -0.15) is 0 Å². The van der Waals surface area contributed by atoms with Crippen LogP contribution in [-0.4, -0.2) is 49.0 Å². The number of aromatic nitrogens is 3. The number of benzene rings is 1. The molecule has 1 atom stereocenters. The largest absolute Gasteiger partial charge is 0.480 e. The van der Waals surface area contributed by atoms with Crippen molar-refractivity contribution in [3.05, 3.63) is 41.7 Å². The molecular formula is C17H20N4O3. The third kappa shape index (κ3) is 2.66. The van der Waals surface area contributed by atoms with E-state index in [1.165, 1.54) is 4.90 Å². The third-order valence-corrected chi connectivity index (χ3v) is 4.71. The molecule has 0 spiro atoms. The van der Waals surface area contributed by atoms with E-state index in [0.29, 0.717) is 25.1 Å². The molecule has 1 aromatic heterocycles. The zero-order valence-corrected chi connectivity index (χ0v) is 13.8. The number of aliphatic carboxylic acids is 1. The van der Waals surface area contributed by atoms with Crippen molar-refractivity contribution >= 4 is 11.9 Å². The van der Waals surface area contributed by atoms with Crippen LogP contribution in [0.3, 0.4) is 0 Å². The van der Waals surface area contributed by atoms with E-state index in [1.807, 2.05) is 37.3 Å². The number of carboxylic acids is 1. The minimum absolute atomic E-state index is 0.0571. The Morgan fingerprint density at radius 1 is 1.29 bits per heavy atom. The number of nitrogens with zero attached hydrogens (tertiary/aromatic N) is 4. The molecule has 3 rings (SSSR count). The van der Waals surface area contributed by atoms with Gasteiger partial charge in [-0.1, -0.05) is 23.4 Å². The standard InChI is InChI=1S/C17H20N4O3/c1-12-14(18-19-21(12)13-7-4-3-5-8-13)11-15(22)20-10-6-9-17(20,2)16(23)24/h3-5,7-8H,6,9-11H2,1-2H3,(H,23,24). The highest BCUT2D eigenvalue weighted by Crippen LogP contribution is 2.30. The van der Waals surface area contributed by atoms with E-state index >= 15 is 0 Å². The first-order chi connectivity index (χ1) is 11.4. The Balaban J connectivity index is 1.81. The van der Waals surface area contributed by atoms with Crippen molar-refractivity contribution in [1.82, 2.24) is 19.9 Å². The molecule has 7 nitrogen and oxygen atoms in total. The normalized spacial score (nSPS) is 20.3. The zero-order chi connectivity index (χ0) is 17.3. The predicted octanol–water partition coefficient (Wildman–Crippen LogP) is 1.58. The summed E-state index contributed by atoms with van der Waals surface area (Å²) in [5.41, 5.74) is 1.10. The van der Waals surface area contributed by atoms with Crippen molar-refractivity contribution in [3.63, 3.8) is 0 Å². The SMILES string of the molecule is Cc1c(CC(=O)N2CCCC2(C)C(=O)O)nnn1-c1ccccc1. The number of likely N-dealkylation sites (tertiary alicyclic amines) is 1. The van der Waals surface area contributed by atoms with Gasteiger partial charge >= 0.3 is 5.97 Å². The van der Waals surface area contributed by atoms with E-state index in [4.69, 9.17) is 0 Å². The maximum absolute atomic E-state index is 12.6. The fourth-order valence-corrected chi connectivity index (χ4v) is 3.16. The Morgan fingerprint density at radius 3 is 2.67 bits per heavy atom.